The molecule has 5 nitrogen and oxygen atoms in total. The number of nitrogens with two attached hydrogens (primary N) is 1. The Morgan fingerprint density at radius 2 is 1.95 bits per heavy atom. The molecule has 3 N–H and O–H groups in total. The van der Waals surface area contributed by atoms with Crippen molar-refractivity contribution in [1.29, 1.82) is 0 Å². The number of nitrogens with one attached hydrogen (secondary N) is 1. The molecule has 0 aliphatic heterocycles. The lowest BCUT2D eigenvalue weighted by atomic mass is 10.1. The highest BCUT2D eigenvalue weighted by atomic mass is 16.5. The van der Waals surface area contributed by atoms with Crippen molar-refractivity contribution in [2.45, 2.75) is 38.8 Å². The number of rotatable bonds is 9. The maximum atomic E-state index is 11.8. The van der Waals surface area contributed by atoms with Gasteiger partial charge < -0.3 is 20.5 Å². The van der Waals surface area contributed by atoms with E-state index in [9.17, 15) is 4.79 Å². The van der Waals surface area contributed by atoms with E-state index in [1.54, 1.807) is 19.2 Å². The van der Waals surface area contributed by atoms with E-state index in [0.29, 0.717) is 18.7 Å². The molecule has 0 amide bonds. The van der Waals surface area contributed by atoms with Gasteiger partial charge in [-0.05, 0) is 57.5 Å². The van der Waals surface area contributed by atoms with Crippen molar-refractivity contribution in [2.24, 2.45) is 5.73 Å². The first-order valence-corrected chi connectivity index (χ1v) is 7.33. The van der Waals surface area contributed by atoms with Crippen molar-refractivity contribution < 1.29 is 14.3 Å². The number of hydrogen-bond acceptors (Lipinski definition) is 5. The third-order valence-electron chi connectivity index (χ3n) is 2.96. The number of anilines is 1. The summed E-state index contributed by atoms with van der Waals surface area (Å²) in [5.74, 6) is -0.298. The van der Waals surface area contributed by atoms with Crippen LogP contribution in [0.3, 0.4) is 0 Å². The van der Waals surface area contributed by atoms with Gasteiger partial charge in [0.25, 0.3) is 0 Å². The second-order valence-electron chi connectivity index (χ2n) is 5.26. The smallest absolute Gasteiger partial charge is 0.338 e. The van der Waals surface area contributed by atoms with Gasteiger partial charge in [0.2, 0.25) is 0 Å². The van der Waals surface area contributed by atoms with Crippen LogP contribution < -0.4 is 11.1 Å². The Kier molecular flexibility index (Phi) is 7.79. The molecule has 0 spiro atoms. The lowest BCUT2D eigenvalue weighted by Crippen LogP contribution is -2.25. The van der Waals surface area contributed by atoms with Gasteiger partial charge in [0.1, 0.15) is 0 Å². The van der Waals surface area contributed by atoms with Crippen molar-refractivity contribution in [2.75, 3.05) is 25.6 Å². The van der Waals surface area contributed by atoms with E-state index in [0.717, 1.165) is 18.5 Å². The quantitative estimate of drug-likeness (QED) is 0.684. The van der Waals surface area contributed by atoms with Crippen LogP contribution in [0.4, 0.5) is 5.69 Å². The number of carbonyl (C=O) groups is 1. The largest absolute Gasteiger partial charge is 0.459 e. The molecule has 1 aromatic rings. The van der Waals surface area contributed by atoms with Crippen LogP contribution in [0.2, 0.25) is 0 Å². The lowest BCUT2D eigenvalue weighted by molar-refractivity contribution is 0.0378. The van der Waals surface area contributed by atoms with E-state index in [1.165, 1.54) is 0 Å². The summed E-state index contributed by atoms with van der Waals surface area (Å²) in [4.78, 5) is 11.8. The summed E-state index contributed by atoms with van der Waals surface area (Å²) in [5, 5.41) is 3.39. The zero-order valence-corrected chi connectivity index (χ0v) is 13.1. The van der Waals surface area contributed by atoms with Crippen molar-refractivity contribution >= 4 is 11.7 Å². The number of esters is 1. The second-order valence-corrected chi connectivity index (χ2v) is 5.26. The zero-order valence-electron chi connectivity index (χ0n) is 13.1. The van der Waals surface area contributed by atoms with Gasteiger partial charge in [0, 0.05) is 18.8 Å². The normalized spacial score (nSPS) is 12.2. The first kappa shape index (κ1) is 17.5. The van der Waals surface area contributed by atoms with Gasteiger partial charge in [-0.3, -0.25) is 0 Å². The SMILES string of the molecule is COCC(CCCN)Nc1ccc(C(=O)OC(C)C)cc1. The number of methoxy groups -OCH3 is 1. The summed E-state index contributed by atoms with van der Waals surface area (Å²) < 4.78 is 10.4. The fraction of sp³-hybridized carbons (Fsp3) is 0.562. The Bertz CT molecular complexity index is 418. The maximum absolute atomic E-state index is 11.8. The fourth-order valence-electron chi connectivity index (χ4n) is 1.98. The molecule has 1 aromatic carbocycles. The monoisotopic (exact) mass is 294 g/mol. The van der Waals surface area contributed by atoms with E-state index in [-0.39, 0.29) is 18.1 Å². The van der Waals surface area contributed by atoms with E-state index in [2.05, 4.69) is 5.32 Å². The van der Waals surface area contributed by atoms with Gasteiger partial charge in [-0.1, -0.05) is 0 Å². The van der Waals surface area contributed by atoms with Gasteiger partial charge in [0.05, 0.1) is 18.3 Å². The zero-order chi connectivity index (χ0) is 15.7. The van der Waals surface area contributed by atoms with Crippen LogP contribution in [0, 0.1) is 0 Å². The van der Waals surface area contributed by atoms with Crippen LogP contribution in [0.15, 0.2) is 24.3 Å². The molecular weight excluding hydrogens is 268 g/mol. The number of ether oxygens (including phenoxy) is 2. The minimum Gasteiger partial charge on any atom is -0.459 e. The molecule has 21 heavy (non-hydrogen) atoms. The van der Waals surface area contributed by atoms with E-state index in [4.69, 9.17) is 15.2 Å². The highest BCUT2D eigenvalue weighted by Gasteiger charge is 2.11. The summed E-state index contributed by atoms with van der Waals surface area (Å²) in [5.41, 5.74) is 7.05. The topological polar surface area (TPSA) is 73.6 Å². The predicted octanol–water partition coefficient (Wildman–Crippen LogP) is 2.42. The second kappa shape index (κ2) is 9.37. The standard InChI is InChI=1S/C16H26N2O3/c1-12(2)21-16(19)13-6-8-14(9-7-13)18-15(11-20-3)5-4-10-17/h6-9,12,15,18H,4-5,10-11,17H2,1-3H3. The molecule has 0 saturated carbocycles. The van der Waals surface area contributed by atoms with Gasteiger partial charge >= 0.3 is 5.97 Å². The molecule has 0 heterocycles. The summed E-state index contributed by atoms with van der Waals surface area (Å²) in [7, 11) is 1.68. The highest BCUT2D eigenvalue weighted by molar-refractivity contribution is 5.89. The third kappa shape index (κ3) is 6.60. The maximum Gasteiger partial charge on any atom is 0.338 e. The third-order valence-corrected chi connectivity index (χ3v) is 2.96. The van der Waals surface area contributed by atoms with Crippen LogP contribution >= 0.6 is 0 Å². The molecule has 118 valence electrons. The summed E-state index contributed by atoms with van der Waals surface area (Å²) in [6.45, 7) is 4.96. The van der Waals surface area contributed by atoms with Gasteiger partial charge in [-0.25, -0.2) is 4.79 Å². The van der Waals surface area contributed by atoms with Gasteiger partial charge in [-0.15, -0.1) is 0 Å². The van der Waals surface area contributed by atoms with E-state index in [1.807, 2.05) is 26.0 Å². The first-order chi connectivity index (χ1) is 10.1. The predicted molar refractivity (Wildman–Crippen MR) is 84.6 cm³/mol. The number of hydrogen-bond donors (Lipinski definition) is 2. The number of carbonyl (C=O) groups excluding carboxylic acids is 1. The van der Waals surface area contributed by atoms with Crippen LogP contribution in [0.5, 0.6) is 0 Å². The molecule has 0 radical (unpaired) electrons. The summed E-state index contributed by atoms with van der Waals surface area (Å²) in [6.07, 6.45) is 1.78. The molecule has 0 saturated heterocycles. The average Bonchev–Trinajstić information content (AvgIpc) is 2.45. The van der Waals surface area contributed by atoms with Crippen molar-refractivity contribution in [3.8, 4) is 0 Å². The Balaban J connectivity index is 2.61. The molecule has 0 aromatic heterocycles. The van der Waals surface area contributed by atoms with Crippen molar-refractivity contribution in [3.05, 3.63) is 29.8 Å². The lowest BCUT2D eigenvalue weighted by Gasteiger charge is -2.19. The summed E-state index contributed by atoms with van der Waals surface area (Å²) in [6, 6.07) is 7.50. The first-order valence-electron chi connectivity index (χ1n) is 7.33. The Hall–Kier alpha value is -1.59. The molecule has 1 atom stereocenters. The minimum atomic E-state index is -0.298. The van der Waals surface area contributed by atoms with Crippen LogP contribution in [0.25, 0.3) is 0 Å². The Morgan fingerprint density at radius 3 is 2.48 bits per heavy atom. The molecule has 0 aliphatic rings. The number of benzene rings is 1. The van der Waals surface area contributed by atoms with Crippen LogP contribution in [-0.4, -0.2) is 38.4 Å². The molecule has 1 unspecified atom stereocenters. The summed E-state index contributed by atoms with van der Waals surface area (Å²) >= 11 is 0. The van der Waals surface area contributed by atoms with E-state index >= 15 is 0 Å². The minimum absolute atomic E-state index is 0.113. The van der Waals surface area contributed by atoms with Gasteiger partial charge in [0.15, 0.2) is 0 Å². The average molecular weight is 294 g/mol. The molecule has 0 bridgehead atoms. The highest BCUT2D eigenvalue weighted by Crippen LogP contribution is 2.14. The fourth-order valence-corrected chi connectivity index (χ4v) is 1.98. The van der Waals surface area contributed by atoms with Crippen molar-refractivity contribution in [1.82, 2.24) is 0 Å². The van der Waals surface area contributed by atoms with Crippen molar-refractivity contribution in [3.63, 3.8) is 0 Å². The van der Waals surface area contributed by atoms with Crippen LogP contribution in [0.1, 0.15) is 37.0 Å². The molecule has 0 aliphatic carbocycles. The van der Waals surface area contributed by atoms with Gasteiger partial charge in [-0.2, -0.15) is 0 Å². The molecule has 0 fully saturated rings. The molecular formula is C16H26N2O3. The molecule has 1 rings (SSSR count). The molecule has 5 heteroatoms. The Labute approximate surface area is 126 Å². The Morgan fingerprint density at radius 1 is 1.29 bits per heavy atom. The van der Waals surface area contributed by atoms with E-state index < -0.39 is 0 Å². The van der Waals surface area contributed by atoms with Crippen LogP contribution in [-0.2, 0) is 9.47 Å².